The second-order valence-corrected chi connectivity index (χ2v) is 9.11. The molecular weight excluding hydrogens is 444 g/mol. The first-order valence-corrected chi connectivity index (χ1v) is 11.7. The molecule has 4 aromatic rings. The lowest BCUT2D eigenvalue weighted by atomic mass is 9.86. The summed E-state index contributed by atoms with van der Waals surface area (Å²) in [6, 6.07) is 18.4. The number of rotatable bonds is 3. The first-order chi connectivity index (χ1) is 17.2. The van der Waals surface area contributed by atoms with Crippen molar-refractivity contribution in [1.82, 2.24) is 19.8 Å². The summed E-state index contributed by atoms with van der Waals surface area (Å²) in [4.78, 5) is 38.7. The van der Waals surface area contributed by atoms with Crippen LogP contribution in [-0.2, 0) is 22.6 Å². The summed E-state index contributed by atoms with van der Waals surface area (Å²) in [5.41, 5.74) is 4.66. The van der Waals surface area contributed by atoms with Gasteiger partial charge >= 0.3 is 0 Å². The molecule has 7 rings (SSSR count). The maximum absolute atomic E-state index is 13.8. The van der Waals surface area contributed by atoms with Gasteiger partial charge in [-0.25, -0.2) is 0 Å². The average Bonchev–Trinajstić information content (AvgIpc) is 3.50. The van der Waals surface area contributed by atoms with E-state index in [0.717, 1.165) is 33.4 Å². The third kappa shape index (κ3) is 3.10. The van der Waals surface area contributed by atoms with Crippen molar-refractivity contribution in [2.24, 2.45) is 0 Å². The largest absolute Gasteiger partial charge is 0.454 e. The number of amides is 2. The number of benzene rings is 2. The van der Waals surface area contributed by atoms with Crippen LogP contribution in [0.2, 0.25) is 0 Å². The van der Waals surface area contributed by atoms with E-state index in [1.54, 1.807) is 16.0 Å². The van der Waals surface area contributed by atoms with E-state index in [4.69, 9.17) is 9.47 Å². The molecule has 174 valence electrons. The molecule has 2 unspecified atom stereocenters. The molecule has 0 saturated carbocycles. The minimum absolute atomic E-state index is 0.0164. The second-order valence-electron chi connectivity index (χ2n) is 9.11. The summed E-state index contributed by atoms with van der Waals surface area (Å²) >= 11 is 0. The Morgan fingerprint density at radius 1 is 1.00 bits per heavy atom. The van der Waals surface area contributed by atoms with Crippen LogP contribution in [0.4, 0.5) is 0 Å². The van der Waals surface area contributed by atoms with Gasteiger partial charge in [-0.15, -0.1) is 0 Å². The maximum atomic E-state index is 13.8. The smallest absolute Gasteiger partial charge is 0.246 e. The Kier molecular flexibility index (Phi) is 4.36. The van der Waals surface area contributed by atoms with E-state index in [9.17, 15) is 9.59 Å². The van der Waals surface area contributed by atoms with Gasteiger partial charge < -0.3 is 24.3 Å². The lowest BCUT2D eigenvalue weighted by Gasteiger charge is -2.47. The summed E-state index contributed by atoms with van der Waals surface area (Å²) in [5, 5.41) is 1.08. The molecule has 8 heteroatoms. The first kappa shape index (κ1) is 20.1. The quantitative estimate of drug-likeness (QED) is 0.501. The molecular formula is C27H22N4O4. The van der Waals surface area contributed by atoms with Crippen molar-refractivity contribution in [2.45, 2.75) is 25.0 Å². The van der Waals surface area contributed by atoms with E-state index in [-0.39, 0.29) is 25.2 Å². The molecule has 2 aromatic heterocycles. The molecule has 0 radical (unpaired) electrons. The van der Waals surface area contributed by atoms with Crippen molar-refractivity contribution in [3.63, 3.8) is 0 Å². The molecule has 2 amide bonds. The van der Waals surface area contributed by atoms with Crippen molar-refractivity contribution in [3.05, 3.63) is 89.4 Å². The van der Waals surface area contributed by atoms with E-state index >= 15 is 0 Å². The number of para-hydroxylation sites is 1. The minimum Gasteiger partial charge on any atom is -0.454 e. The Morgan fingerprint density at radius 2 is 1.86 bits per heavy atom. The highest BCUT2D eigenvalue weighted by Gasteiger charge is 2.48. The van der Waals surface area contributed by atoms with Gasteiger partial charge in [0.15, 0.2) is 11.5 Å². The van der Waals surface area contributed by atoms with E-state index < -0.39 is 12.1 Å². The van der Waals surface area contributed by atoms with Gasteiger partial charge in [0.2, 0.25) is 18.6 Å². The monoisotopic (exact) mass is 466 g/mol. The number of carbonyl (C=O) groups is 2. The van der Waals surface area contributed by atoms with Crippen LogP contribution in [0.5, 0.6) is 11.5 Å². The van der Waals surface area contributed by atoms with Gasteiger partial charge in [-0.1, -0.05) is 30.3 Å². The fourth-order valence-electron chi connectivity index (χ4n) is 5.57. The highest BCUT2D eigenvalue weighted by molar-refractivity contribution is 5.97. The number of carbonyl (C=O) groups excluding carboxylic acids is 2. The SMILES string of the molecule is O=C1C2Cc3c([nH]c4ccccc34)C(c3ccc4c(c3)OCO4)N2C(=O)CN1Cc1ccccn1. The molecule has 35 heavy (non-hydrogen) atoms. The van der Waals surface area contributed by atoms with E-state index in [1.807, 2.05) is 54.6 Å². The number of aromatic nitrogens is 2. The third-order valence-electron chi connectivity index (χ3n) is 7.13. The minimum atomic E-state index is -0.595. The van der Waals surface area contributed by atoms with Crippen LogP contribution in [-0.4, -0.2) is 51.0 Å². The molecule has 2 atom stereocenters. The first-order valence-electron chi connectivity index (χ1n) is 11.7. The predicted molar refractivity (Wildman–Crippen MR) is 127 cm³/mol. The Morgan fingerprint density at radius 3 is 2.74 bits per heavy atom. The number of aromatic amines is 1. The van der Waals surface area contributed by atoms with Crippen molar-refractivity contribution in [1.29, 1.82) is 0 Å². The summed E-state index contributed by atoms with van der Waals surface area (Å²) in [6.07, 6.45) is 2.16. The number of hydrogen-bond donors (Lipinski definition) is 1. The van der Waals surface area contributed by atoms with Crippen molar-refractivity contribution >= 4 is 22.7 Å². The molecule has 0 spiro atoms. The van der Waals surface area contributed by atoms with Crippen LogP contribution >= 0.6 is 0 Å². The van der Waals surface area contributed by atoms with Crippen LogP contribution in [0.3, 0.4) is 0 Å². The van der Waals surface area contributed by atoms with Gasteiger partial charge in [0.25, 0.3) is 0 Å². The van der Waals surface area contributed by atoms with Gasteiger partial charge in [-0.3, -0.25) is 14.6 Å². The number of nitrogens with one attached hydrogen (secondary N) is 1. The summed E-state index contributed by atoms with van der Waals surface area (Å²) < 4.78 is 11.1. The third-order valence-corrected chi connectivity index (χ3v) is 7.13. The normalized spacial score (nSPS) is 20.8. The van der Waals surface area contributed by atoms with Crippen LogP contribution < -0.4 is 9.47 Å². The van der Waals surface area contributed by atoms with Crippen molar-refractivity contribution < 1.29 is 19.1 Å². The molecule has 3 aliphatic rings. The zero-order valence-electron chi connectivity index (χ0n) is 18.8. The highest BCUT2D eigenvalue weighted by atomic mass is 16.7. The van der Waals surface area contributed by atoms with Crippen LogP contribution in [0.25, 0.3) is 10.9 Å². The Hall–Kier alpha value is -4.33. The van der Waals surface area contributed by atoms with Crippen LogP contribution in [0.15, 0.2) is 66.9 Å². The Balaban J connectivity index is 1.35. The Bertz CT molecular complexity index is 1480. The zero-order valence-corrected chi connectivity index (χ0v) is 18.8. The number of pyridine rings is 1. The molecule has 2 aromatic carbocycles. The molecule has 8 nitrogen and oxygen atoms in total. The predicted octanol–water partition coefficient (Wildman–Crippen LogP) is 3.18. The lowest BCUT2D eigenvalue weighted by molar-refractivity contribution is -0.159. The standard InChI is InChI=1S/C27H22N4O4/c32-24-14-30(13-17-5-3-4-10-28-17)27(33)21-12-19-18-6-1-2-7-20(18)29-25(19)26(31(21)24)16-8-9-22-23(11-16)35-15-34-22/h1-11,21,26,29H,12-15H2. The topological polar surface area (TPSA) is 87.8 Å². The van der Waals surface area contributed by atoms with Gasteiger partial charge in [0.1, 0.15) is 12.6 Å². The number of ether oxygens (including phenoxy) is 2. The van der Waals surface area contributed by atoms with Gasteiger partial charge in [0, 0.05) is 29.2 Å². The fraction of sp³-hybridized carbons (Fsp3) is 0.222. The number of H-pyrrole nitrogens is 1. The summed E-state index contributed by atoms with van der Waals surface area (Å²) in [5.74, 6) is 1.19. The number of piperazine rings is 1. The molecule has 1 fully saturated rings. The number of fused-ring (bicyclic) bond motifs is 5. The number of hydrogen-bond acceptors (Lipinski definition) is 5. The zero-order chi connectivity index (χ0) is 23.5. The second kappa shape index (κ2) is 7.59. The fourth-order valence-corrected chi connectivity index (χ4v) is 5.57. The molecule has 1 saturated heterocycles. The molecule has 5 heterocycles. The lowest BCUT2D eigenvalue weighted by Crippen LogP contribution is -2.62. The average molecular weight is 466 g/mol. The van der Waals surface area contributed by atoms with E-state index in [0.29, 0.717) is 24.5 Å². The van der Waals surface area contributed by atoms with Crippen molar-refractivity contribution in [3.8, 4) is 11.5 Å². The van der Waals surface area contributed by atoms with Gasteiger partial charge in [-0.05, 0) is 41.5 Å². The van der Waals surface area contributed by atoms with Crippen LogP contribution in [0, 0.1) is 0 Å². The molecule has 1 N–H and O–H groups in total. The summed E-state index contributed by atoms with van der Waals surface area (Å²) in [6.45, 7) is 0.501. The molecule has 3 aliphatic heterocycles. The maximum Gasteiger partial charge on any atom is 0.246 e. The van der Waals surface area contributed by atoms with Gasteiger partial charge in [-0.2, -0.15) is 0 Å². The molecule has 0 bridgehead atoms. The van der Waals surface area contributed by atoms with Crippen LogP contribution in [0.1, 0.15) is 28.6 Å². The Labute approximate surface area is 201 Å². The van der Waals surface area contributed by atoms with Gasteiger partial charge in [0.05, 0.1) is 18.3 Å². The summed E-state index contributed by atoms with van der Waals surface area (Å²) in [7, 11) is 0. The van der Waals surface area contributed by atoms with E-state index in [1.165, 1.54) is 0 Å². The molecule has 0 aliphatic carbocycles. The highest BCUT2D eigenvalue weighted by Crippen LogP contribution is 2.45. The number of nitrogens with zero attached hydrogens (tertiary/aromatic N) is 3. The van der Waals surface area contributed by atoms with E-state index in [2.05, 4.69) is 16.0 Å². The van der Waals surface area contributed by atoms with Crippen molar-refractivity contribution in [2.75, 3.05) is 13.3 Å².